The number of nitrogens with one attached hydrogen (secondary N) is 1. The average Bonchev–Trinajstić information content (AvgIpc) is 3.36. The van der Waals surface area contributed by atoms with Crippen LogP contribution in [0.25, 0.3) is 0 Å². The number of hydrogen-bond acceptors (Lipinski definition) is 4. The topological polar surface area (TPSA) is 95.7 Å². The summed E-state index contributed by atoms with van der Waals surface area (Å²) in [6.45, 7) is 3.25. The van der Waals surface area contributed by atoms with E-state index in [0.717, 1.165) is 22.3 Å². The van der Waals surface area contributed by atoms with Crippen molar-refractivity contribution < 1.29 is 14.4 Å². The molecule has 3 aromatic rings. The van der Waals surface area contributed by atoms with E-state index in [-0.39, 0.29) is 30.7 Å². The van der Waals surface area contributed by atoms with Crippen molar-refractivity contribution in [3.8, 4) is 0 Å². The third kappa shape index (κ3) is 5.98. The first-order chi connectivity index (χ1) is 17.5. The SMILES string of the molecule is Cc1ccc(C(=O)N2CCN(C(=O)CCc3ccccc3)C2C(=O)NCc2cccc(CN)c2)cc1. The molecule has 1 fully saturated rings. The number of rotatable bonds is 8. The minimum Gasteiger partial charge on any atom is -0.349 e. The number of aryl methyl sites for hydroxylation is 2. The molecule has 4 rings (SSSR count). The Labute approximate surface area is 211 Å². The van der Waals surface area contributed by atoms with Gasteiger partial charge in [0, 0.05) is 38.2 Å². The summed E-state index contributed by atoms with van der Waals surface area (Å²) in [5.41, 5.74) is 10.2. The number of nitrogens with zero attached hydrogens (tertiary/aromatic N) is 2. The summed E-state index contributed by atoms with van der Waals surface area (Å²) < 4.78 is 0. The summed E-state index contributed by atoms with van der Waals surface area (Å²) >= 11 is 0. The van der Waals surface area contributed by atoms with Gasteiger partial charge in [0.1, 0.15) is 0 Å². The Kier molecular flexibility index (Phi) is 8.13. The summed E-state index contributed by atoms with van der Waals surface area (Å²) in [5, 5.41) is 2.93. The van der Waals surface area contributed by atoms with Gasteiger partial charge in [0.05, 0.1) is 0 Å². The second kappa shape index (κ2) is 11.6. The van der Waals surface area contributed by atoms with Gasteiger partial charge in [-0.3, -0.25) is 14.4 Å². The second-order valence-corrected chi connectivity index (χ2v) is 9.05. The lowest BCUT2D eigenvalue weighted by Gasteiger charge is -2.29. The molecule has 7 nitrogen and oxygen atoms in total. The first-order valence-corrected chi connectivity index (χ1v) is 12.2. The maximum atomic E-state index is 13.4. The Bertz CT molecular complexity index is 1210. The zero-order chi connectivity index (χ0) is 25.5. The van der Waals surface area contributed by atoms with Crippen LogP contribution in [-0.2, 0) is 29.1 Å². The van der Waals surface area contributed by atoms with E-state index in [2.05, 4.69) is 5.32 Å². The molecule has 1 heterocycles. The molecule has 3 amide bonds. The number of benzene rings is 3. The van der Waals surface area contributed by atoms with E-state index in [1.165, 1.54) is 9.80 Å². The van der Waals surface area contributed by atoms with E-state index in [0.29, 0.717) is 31.6 Å². The molecular formula is C29H32N4O3. The van der Waals surface area contributed by atoms with Crippen molar-refractivity contribution in [1.82, 2.24) is 15.1 Å². The van der Waals surface area contributed by atoms with E-state index in [4.69, 9.17) is 5.73 Å². The number of carbonyl (C=O) groups is 3. The number of hydrogen-bond donors (Lipinski definition) is 2. The molecule has 1 saturated heterocycles. The Hall–Kier alpha value is -3.97. The highest BCUT2D eigenvalue weighted by Crippen LogP contribution is 2.21. The van der Waals surface area contributed by atoms with Crippen LogP contribution in [0.1, 0.15) is 39.0 Å². The van der Waals surface area contributed by atoms with Crippen molar-refractivity contribution >= 4 is 17.7 Å². The van der Waals surface area contributed by atoms with Gasteiger partial charge in [-0.05, 0) is 42.2 Å². The standard InChI is InChI=1S/C29H32N4O3/c1-21-10-13-25(14-11-21)29(36)33-17-16-32(26(34)15-12-22-6-3-2-4-7-22)28(33)27(35)31-20-24-9-5-8-23(18-24)19-30/h2-11,13-14,18,28H,12,15-17,19-20,30H2,1H3,(H,31,35). The molecule has 0 spiro atoms. The fraction of sp³-hybridized carbons (Fsp3) is 0.276. The molecule has 36 heavy (non-hydrogen) atoms. The normalized spacial score (nSPS) is 15.1. The van der Waals surface area contributed by atoms with E-state index in [1.54, 1.807) is 12.1 Å². The molecule has 0 saturated carbocycles. The largest absolute Gasteiger partial charge is 0.349 e. The van der Waals surface area contributed by atoms with Crippen molar-refractivity contribution in [2.24, 2.45) is 5.73 Å². The van der Waals surface area contributed by atoms with Crippen molar-refractivity contribution in [3.05, 3.63) is 107 Å². The highest BCUT2D eigenvalue weighted by atomic mass is 16.2. The van der Waals surface area contributed by atoms with Gasteiger partial charge in [-0.2, -0.15) is 0 Å². The monoisotopic (exact) mass is 484 g/mol. The molecule has 1 unspecified atom stereocenters. The van der Waals surface area contributed by atoms with Crippen molar-refractivity contribution in [1.29, 1.82) is 0 Å². The van der Waals surface area contributed by atoms with Crippen LogP contribution in [0.15, 0.2) is 78.9 Å². The molecule has 1 atom stereocenters. The molecule has 3 N–H and O–H groups in total. The van der Waals surface area contributed by atoms with Crippen LogP contribution >= 0.6 is 0 Å². The predicted octanol–water partition coefficient (Wildman–Crippen LogP) is 3.01. The molecular weight excluding hydrogens is 452 g/mol. The minimum absolute atomic E-state index is 0.150. The van der Waals surface area contributed by atoms with Crippen LogP contribution in [0.2, 0.25) is 0 Å². The smallest absolute Gasteiger partial charge is 0.264 e. The zero-order valence-electron chi connectivity index (χ0n) is 20.5. The Balaban J connectivity index is 1.52. The van der Waals surface area contributed by atoms with Crippen LogP contribution in [0.4, 0.5) is 0 Å². The molecule has 0 bridgehead atoms. The van der Waals surface area contributed by atoms with Gasteiger partial charge in [0.25, 0.3) is 11.8 Å². The highest BCUT2D eigenvalue weighted by Gasteiger charge is 2.42. The van der Waals surface area contributed by atoms with Gasteiger partial charge in [-0.15, -0.1) is 0 Å². The van der Waals surface area contributed by atoms with Gasteiger partial charge in [-0.1, -0.05) is 72.3 Å². The van der Waals surface area contributed by atoms with E-state index in [1.807, 2.05) is 73.7 Å². The zero-order valence-corrected chi connectivity index (χ0v) is 20.5. The number of amides is 3. The predicted molar refractivity (Wildman–Crippen MR) is 139 cm³/mol. The van der Waals surface area contributed by atoms with Gasteiger partial charge >= 0.3 is 0 Å². The summed E-state index contributed by atoms with van der Waals surface area (Å²) in [7, 11) is 0. The minimum atomic E-state index is -1.00. The first kappa shape index (κ1) is 25.1. The lowest BCUT2D eigenvalue weighted by molar-refractivity contribution is -0.141. The van der Waals surface area contributed by atoms with E-state index < -0.39 is 6.17 Å². The molecule has 1 aliphatic heterocycles. The summed E-state index contributed by atoms with van der Waals surface area (Å²) in [5.74, 6) is -0.791. The van der Waals surface area contributed by atoms with Gasteiger partial charge < -0.3 is 20.9 Å². The van der Waals surface area contributed by atoms with Crippen LogP contribution < -0.4 is 11.1 Å². The maximum Gasteiger partial charge on any atom is 0.264 e. The van der Waals surface area contributed by atoms with Crippen molar-refractivity contribution in [2.75, 3.05) is 13.1 Å². The summed E-state index contributed by atoms with van der Waals surface area (Å²) in [6, 6.07) is 24.7. The summed E-state index contributed by atoms with van der Waals surface area (Å²) in [4.78, 5) is 43.1. The second-order valence-electron chi connectivity index (χ2n) is 9.05. The fourth-order valence-electron chi connectivity index (χ4n) is 4.43. The molecule has 7 heteroatoms. The van der Waals surface area contributed by atoms with E-state index >= 15 is 0 Å². The summed E-state index contributed by atoms with van der Waals surface area (Å²) in [6.07, 6.45) is -0.166. The third-order valence-electron chi connectivity index (χ3n) is 6.45. The van der Waals surface area contributed by atoms with Gasteiger partial charge in [-0.25, -0.2) is 0 Å². The van der Waals surface area contributed by atoms with Gasteiger partial charge in [0.15, 0.2) is 6.17 Å². The molecule has 1 aliphatic rings. The fourth-order valence-corrected chi connectivity index (χ4v) is 4.43. The number of carbonyl (C=O) groups excluding carboxylic acids is 3. The lowest BCUT2D eigenvalue weighted by atomic mass is 10.1. The average molecular weight is 485 g/mol. The van der Waals surface area contributed by atoms with E-state index in [9.17, 15) is 14.4 Å². The quantitative estimate of drug-likeness (QED) is 0.514. The van der Waals surface area contributed by atoms with Crippen molar-refractivity contribution in [3.63, 3.8) is 0 Å². The molecule has 0 aromatic heterocycles. The molecule has 0 radical (unpaired) electrons. The molecule has 0 aliphatic carbocycles. The Morgan fingerprint density at radius 3 is 2.25 bits per heavy atom. The highest BCUT2D eigenvalue weighted by molar-refractivity contribution is 5.99. The maximum absolute atomic E-state index is 13.4. The Morgan fingerprint density at radius 2 is 1.53 bits per heavy atom. The first-order valence-electron chi connectivity index (χ1n) is 12.2. The van der Waals surface area contributed by atoms with Crippen molar-refractivity contribution in [2.45, 2.75) is 39.0 Å². The van der Waals surface area contributed by atoms with Crippen LogP contribution in [0.3, 0.4) is 0 Å². The number of nitrogens with two attached hydrogens (primary N) is 1. The Morgan fingerprint density at radius 1 is 0.861 bits per heavy atom. The van der Waals surface area contributed by atoms with Gasteiger partial charge in [0.2, 0.25) is 5.91 Å². The molecule has 3 aromatic carbocycles. The van der Waals surface area contributed by atoms with Crippen LogP contribution in [0, 0.1) is 6.92 Å². The lowest BCUT2D eigenvalue weighted by Crippen LogP contribution is -2.53. The van der Waals surface area contributed by atoms with Crippen LogP contribution in [0.5, 0.6) is 0 Å². The molecule has 186 valence electrons. The third-order valence-corrected chi connectivity index (χ3v) is 6.45. The van der Waals surface area contributed by atoms with Crippen LogP contribution in [-0.4, -0.2) is 46.8 Å².